The maximum absolute atomic E-state index is 13.3. The van der Waals surface area contributed by atoms with Gasteiger partial charge in [-0.15, -0.1) is 0 Å². The van der Waals surface area contributed by atoms with Gasteiger partial charge in [0.2, 0.25) is 0 Å². The van der Waals surface area contributed by atoms with Crippen LogP contribution in [-0.2, 0) is 13.0 Å². The van der Waals surface area contributed by atoms with E-state index in [2.05, 4.69) is 10.1 Å². The Hall–Kier alpha value is -1.42. The van der Waals surface area contributed by atoms with Gasteiger partial charge in [-0.1, -0.05) is 5.16 Å². The zero-order valence-corrected chi connectivity index (χ0v) is 8.46. The third-order valence-electron chi connectivity index (χ3n) is 2.86. The van der Waals surface area contributed by atoms with Crippen LogP contribution >= 0.6 is 0 Å². The predicted molar refractivity (Wildman–Crippen MR) is 54.0 cm³/mol. The standard InChI is InChI=1S/C11H11FN2O/c1-14-3-2-9-11-7(6-14)4-8(12)5-10(11)15-13-9/h4-5H,2-3,6H2,1H3. The molecule has 0 saturated carbocycles. The Labute approximate surface area is 86.5 Å². The van der Waals surface area contributed by atoms with Crippen molar-refractivity contribution in [2.24, 2.45) is 0 Å². The van der Waals surface area contributed by atoms with Crippen LogP contribution < -0.4 is 0 Å². The third kappa shape index (κ3) is 1.33. The Morgan fingerprint density at radius 1 is 1.47 bits per heavy atom. The van der Waals surface area contributed by atoms with E-state index in [9.17, 15) is 4.39 Å². The molecular formula is C11H11FN2O. The summed E-state index contributed by atoms with van der Waals surface area (Å²) in [6, 6.07) is 2.98. The minimum atomic E-state index is -0.254. The summed E-state index contributed by atoms with van der Waals surface area (Å²) in [5, 5.41) is 4.99. The van der Waals surface area contributed by atoms with E-state index in [1.165, 1.54) is 6.07 Å². The third-order valence-corrected chi connectivity index (χ3v) is 2.86. The second-order valence-corrected chi connectivity index (χ2v) is 4.06. The van der Waals surface area contributed by atoms with Crippen LogP contribution in [0.4, 0.5) is 4.39 Å². The summed E-state index contributed by atoms with van der Waals surface area (Å²) in [4.78, 5) is 2.16. The summed E-state index contributed by atoms with van der Waals surface area (Å²) < 4.78 is 18.4. The molecule has 1 aromatic carbocycles. The highest BCUT2D eigenvalue weighted by molar-refractivity contribution is 5.83. The highest BCUT2D eigenvalue weighted by Gasteiger charge is 2.19. The zero-order valence-electron chi connectivity index (χ0n) is 8.46. The number of likely N-dealkylation sites (N-methyl/N-ethyl adjacent to an activating group) is 1. The Kier molecular flexibility index (Phi) is 1.79. The first-order chi connectivity index (χ1) is 7.24. The highest BCUT2D eigenvalue weighted by Crippen LogP contribution is 2.27. The van der Waals surface area contributed by atoms with Crippen molar-refractivity contribution in [3.8, 4) is 0 Å². The van der Waals surface area contributed by atoms with Gasteiger partial charge in [0.1, 0.15) is 5.82 Å². The fourth-order valence-electron chi connectivity index (χ4n) is 2.15. The first-order valence-corrected chi connectivity index (χ1v) is 4.99. The van der Waals surface area contributed by atoms with Crippen molar-refractivity contribution >= 4 is 11.0 Å². The van der Waals surface area contributed by atoms with Crippen molar-refractivity contribution in [1.29, 1.82) is 0 Å². The summed E-state index contributed by atoms with van der Waals surface area (Å²) in [5.74, 6) is -0.254. The van der Waals surface area contributed by atoms with Gasteiger partial charge in [-0.05, 0) is 18.7 Å². The molecule has 3 nitrogen and oxygen atoms in total. The van der Waals surface area contributed by atoms with E-state index < -0.39 is 0 Å². The van der Waals surface area contributed by atoms with E-state index >= 15 is 0 Å². The van der Waals surface area contributed by atoms with Crippen LogP contribution in [0.25, 0.3) is 11.0 Å². The van der Waals surface area contributed by atoms with Gasteiger partial charge in [-0.2, -0.15) is 0 Å². The lowest BCUT2D eigenvalue weighted by Crippen LogP contribution is -2.18. The van der Waals surface area contributed by atoms with E-state index in [0.29, 0.717) is 5.58 Å². The van der Waals surface area contributed by atoms with Gasteiger partial charge in [-0.3, -0.25) is 0 Å². The molecule has 78 valence electrons. The normalized spacial score (nSPS) is 16.9. The highest BCUT2D eigenvalue weighted by atomic mass is 19.1. The van der Waals surface area contributed by atoms with Gasteiger partial charge < -0.3 is 9.42 Å². The first kappa shape index (κ1) is 8.85. The van der Waals surface area contributed by atoms with Crippen molar-refractivity contribution in [2.75, 3.05) is 13.6 Å². The van der Waals surface area contributed by atoms with Crippen LogP contribution in [0.15, 0.2) is 16.7 Å². The number of aromatic nitrogens is 1. The quantitative estimate of drug-likeness (QED) is 0.659. The van der Waals surface area contributed by atoms with Gasteiger partial charge in [0.25, 0.3) is 0 Å². The Balaban J connectivity index is 2.32. The molecule has 1 aliphatic rings. The summed E-state index contributed by atoms with van der Waals surface area (Å²) in [6.07, 6.45) is 0.863. The maximum Gasteiger partial charge on any atom is 0.170 e. The molecule has 0 aliphatic carbocycles. The van der Waals surface area contributed by atoms with E-state index in [4.69, 9.17) is 4.52 Å². The predicted octanol–water partition coefficient (Wildman–Crippen LogP) is 1.95. The lowest BCUT2D eigenvalue weighted by Gasteiger charge is -2.12. The summed E-state index contributed by atoms with van der Waals surface area (Å²) in [6.45, 7) is 1.68. The van der Waals surface area contributed by atoms with Crippen LogP contribution in [0.1, 0.15) is 11.3 Å². The maximum atomic E-state index is 13.3. The van der Waals surface area contributed by atoms with Crippen LogP contribution in [0.3, 0.4) is 0 Å². The van der Waals surface area contributed by atoms with E-state index in [0.717, 1.165) is 36.2 Å². The average molecular weight is 206 g/mol. The summed E-state index contributed by atoms with van der Waals surface area (Å²) >= 11 is 0. The van der Waals surface area contributed by atoms with E-state index in [-0.39, 0.29) is 5.82 Å². The molecule has 0 N–H and O–H groups in total. The van der Waals surface area contributed by atoms with Gasteiger partial charge >= 0.3 is 0 Å². The van der Waals surface area contributed by atoms with E-state index in [1.807, 2.05) is 7.05 Å². The molecule has 0 amide bonds. The molecule has 0 saturated heterocycles. The molecule has 3 rings (SSSR count). The first-order valence-electron chi connectivity index (χ1n) is 4.99. The number of halogens is 1. The van der Waals surface area contributed by atoms with Crippen molar-refractivity contribution in [3.63, 3.8) is 0 Å². The second kappa shape index (κ2) is 3.03. The Morgan fingerprint density at radius 3 is 3.20 bits per heavy atom. The molecule has 0 radical (unpaired) electrons. The zero-order chi connectivity index (χ0) is 10.4. The number of nitrogens with zero attached hydrogens (tertiary/aromatic N) is 2. The van der Waals surface area contributed by atoms with Gasteiger partial charge in [0.15, 0.2) is 5.58 Å². The topological polar surface area (TPSA) is 29.3 Å². The molecule has 0 atom stereocenters. The van der Waals surface area contributed by atoms with Crippen molar-refractivity contribution in [3.05, 3.63) is 29.2 Å². The number of benzene rings is 1. The molecule has 2 heterocycles. The Morgan fingerprint density at radius 2 is 2.33 bits per heavy atom. The molecule has 0 bridgehead atoms. The summed E-state index contributed by atoms with van der Waals surface area (Å²) in [5.41, 5.74) is 2.49. The van der Waals surface area contributed by atoms with Crippen molar-refractivity contribution in [1.82, 2.24) is 10.1 Å². The minimum Gasteiger partial charge on any atom is -0.356 e. The van der Waals surface area contributed by atoms with Gasteiger partial charge in [0.05, 0.1) is 5.69 Å². The van der Waals surface area contributed by atoms with Crippen molar-refractivity contribution in [2.45, 2.75) is 13.0 Å². The van der Waals surface area contributed by atoms with E-state index in [1.54, 1.807) is 6.07 Å². The molecule has 2 aromatic rings. The minimum absolute atomic E-state index is 0.254. The monoisotopic (exact) mass is 206 g/mol. The molecule has 4 heteroatoms. The van der Waals surface area contributed by atoms with Crippen molar-refractivity contribution < 1.29 is 8.91 Å². The molecule has 0 spiro atoms. The molecule has 1 aliphatic heterocycles. The molecule has 0 unspecified atom stereocenters. The van der Waals surface area contributed by atoms with Gasteiger partial charge in [-0.25, -0.2) is 4.39 Å². The molecule has 1 aromatic heterocycles. The fourth-order valence-corrected chi connectivity index (χ4v) is 2.15. The average Bonchev–Trinajstić information content (AvgIpc) is 2.50. The second-order valence-electron chi connectivity index (χ2n) is 4.06. The number of hydrogen-bond acceptors (Lipinski definition) is 3. The molecule has 15 heavy (non-hydrogen) atoms. The molecular weight excluding hydrogens is 195 g/mol. The molecule has 0 fully saturated rings. The number of rotatable bonds is 0. The lowest BCUT2D eigenvalue weighted by molar-refractivity contribution is 0.330. The lowest BCUT2D eigenvalue weighted by atomic mass is 10.1. The van der Waals surface area contributed by atoms with Gasteiger partial charge in [0, 0.05) is 31.0 Å². The van der Waals surface area contributed by atoms with Crippen LogP contribution in [-0.4, -0.2) is 23.6 Å². The number of hydrogen-bond donors (Lipinski definition) is 0. The largest absolute Gasteiger partial charge is 0.356 e. The Bertz CT molecular complexity index is 521. The fraction of sp³-hybridized carbons (Fsp3) is 0.364. The van der Waals surface area contributed by atoms with Crippen LogP contribution in [0.5, 0.6) is 0 Å². The SMILES string of the molecule is CN1CCc2noc3cc(F)cc(c23)C1. The smallest absolute Gasteiger partial charge is 0.170 e. The van der Waals surface area contributed by atoms with Crippen LogP contribution in [0, 0.1) is 5.82 Å². The van der Waals surface area contributed by atoms with Crippen LogP contribution in [0.2, 0.25) is 0 Å². The summed E-state index contributed by atoms with van der Waals surface area (Å²) in [7, 11) is 2.03.